The van der Waals surface area contributed by atoms with Crippen LogP contribution in [0.4, 0.5) is 0 Å². The van der Waals surface area contributed by atoms with Crippen LogP contribution in [-0.4, -0.2) is 0 Å². The molecule has 0 heterocycles. The summed E-state index contributed by atoms with van der Waals surface area (Å²) >= 11 is 5.88. The molecule has 0 saturated heterocycles. The van der Waals surface area contributed by atoms with Crippen LogP contribution in [0, 0.1) is 0 Å². The normalized spacial score (nSPS) is 11.5. The van der Waals surface area contributed by atoms with E-state index in [-0.39, 0.29) is 0 Å². The molecule has 86 valence electrons. The molecule has 2 rings (SSSR count). The average molecular weight is 243 g/mol. The molecule has 2 aromatic carbocycles. The number of rotatable bonds is 3. The van der Waals surface area contributed by atoms with Crippen LogP contribution in [0.3, 0.4) is 0 Å². The molecule has 0 saturated carbocycles. The van der Waals surface area contributed by atoms with Gasteiger partial charge in [0, 0.05) is 5.02 Å². The molecule has 17 heavy (non-hydrogen) atoms. The largest absolute Gasteiger partial charge is 0.0843 e. The van der Waals surface area contributed by atoms with Crippen molar-refractivity contribution in [1.29, 1.82) is 0 Å². The molecular formula is C16H15Cl. The van der Waals surface area contributed by atoms with Gasteiger partial charge in [-0.3, -0.25) is 0 Å². The monoisotopic (exact) mass is 242 g/mol. The van der Waals surface area contributed by atoms with Gasteiger partial charge in [-0.1, -0.05) is 67.1 Å². The van der Waals surface area contributed by atoms with Gasteiger partial charge in [-0.15, -0.1) is 0 Å². The van der Waals surface area contributed by atoms with Crippen LogP contribution in [0.5, 0.6) is 0 Å². The van der Waals surface area contributed by atoms with Crippen molar-refractivity contribution in [2.24, 2.45) is 0 Å². The summed E-state index contributed by atoms with van der Waals surface area (Å²) in [6, 6.07) is 18.4. The third kappa shape index (κ3) is 3.21. The summed E-state index contributed by atoms with van der Waals surface area (Å²) in [6.07, 6.45) is 3.23. The molecule has 0 aliphatic carbocycles. The van der Waals surface area contributed by atoms with Crippen molar-refractivity contribution in [1.82, 2.24) is 0 Å². The summed E-state index contributed by atoms with van der Waals surface area (Å²) < 4.78 is 0. The van der Waals surface area contributed by atoms with E-state index in [4.69, 9.17) is 11.6 Å². The Morgan fingerprint density at radius 1 is 1.00 bits per heavy atom. The molecule has 0 radical (unpaired) electrons. The fourth-order valence-electron chi connectivity index (χ4n) is 1.80. The second kappa shape index (κ2) is 5.70. The van der Waals surface area contributed by atoms with Gasteiger partial charge in [-0.05, 0) is 35.3 Å². The van der Waals surface area contributed by atoms with Crippen LogP contribution >= 0.6 is 11.6 Å². The number of allylic oxidation sites excluding steroid dienone is 1. The molecule has 0 atom stereocenters. The standard InChI is InChI=1S/C16H15Cl/c1-2-14(15-6-4-3-5-7-15)12-13-8-10-16(17)11-9-13/h3-12H,2H2,1H3/b14-12+. The minimum atomic E-state index is 0.778. The van der Waals surface area contributed by atoms with Crippen LogP contribution in [-0.2, 0) is 0 Å². The summed E-state index contributed by atoms with van der Waals surface area (Å²) in [5.74, 6) is 0. The SMILES string of the molecule is CC/C(=C\c1ccc(Cl)cc1)c1ccccc1. The van der Waals surface area contributed by atoms with Gasteiger partial charge in [0.05, 0.1) is 0 Å². The van der Waals surface area contributed by atoms with Crippen molar-refractivity contribution in [3.05, 3.63) is 70.7 Å². The van der Waals surface area contributed by atoms with E-state index in [1.54, 1.807) is 0 Å². The minimum Gasteiger partial charge on any atom is -0.0843 e. The first-order valence-corrected chi connectivity index (χ1v) is 6.19. The third-order valence-corrected chi connectivity index (χ3v) is 2.99. The molecule has 0 aliphatic heterocycles. The van der Waals surface area contributed by atoms with E-state index >= 15 is 0 Å². The van der Waals surface area contributed by atoms with Crippen molar-refractivity contribution in [2.45, 2.75) is 13.3 Å². The Morgan fingerprint density at radius 3 is 2.24 bits per heavy atom. The minimum absolute atomic E-state index is 0.778. The number of benzene rings is 2. The van der Waals surface area contributed by atoms with Gasteiger partial charge in [-0.2, -0.15) is 0 Å². The van der Waals surface area contributed by atoms with Crippen molar-refractivity contribution < 1.29 is 0 Å². The lowest BCUT2D eigenvalue weighted by Gasteiger charge is -2.05. The van der Waals surface area contributed by atoms with Crippen molar-refractivity contribution in [2.75, 3.05) is 0 Å². The van der Waals surface area contributed by atoms with Crippen LogP contribution in [0.2, 0.25) is 5.02 Å². The predicted octanol–water partition coefficient (Wildman–Crippen LogP) is 5.29. The smallest absolute Gasteiger partial charge is 0.0406 e. The van der Waals surface area contributed by atoms with E-state index in [1.807, 2.05) is 30.3 Å². The van der Waals surface area contributed by atoms with Gasteiger partial charge in [0.15, 0.2) is 0 Å². The zero-order valence-corrected chi connectivity index (χ0v) is 10.6. The van der Waals surface area contributed by atoms with Crippen LogP contribution in [0.15, 0.2) is 54.6 Å². The predicted molar refractivity (Wildman–Crippen MR) is 76.1 cm³/mol. The van der Waals surface area contributed by atoms with E-state index in [9.17, 15) is 0 Å². The summed E-state index contributed by atoms with van der Waals surface area (Å²) in [7, 11) is 0. The molecule has 0 amide bonds. The van der Waals surface area contributed by atoms with Crippen LogP contribution in [0.25, 0.3) is 11.6 Å². The molecular weight excluding hydrogens is 228 g/mol. The van der Waals surface area contributed by atoms with Crippen molar-refractivity contribution in [3.63, 3.8) is 0 Å². The highest BCUT2D eigenvalue weighted by atomic mass is 35.5. The topological polar surface area (TPSA) is 0 Å². The Balaban J connectivity index is 2.33. The molecule has 0 fully saturated rings. The van der Waals surface area contributed by atoms with Gasteiger partial charge in [-0.25, -0.2) is 0 Å². The van der Waals surface area contributed by atoms with Gasteiger partial charge >= 0.3 is 0 Å². The Kier molecular flexibility index (Phi) is 4.00. The summed E-state index contributed by atoms with van der Waals surface area (Å²) in [4.78, 5) is 0. The highest BCUT2D eigenvalue weighted by Gasteiger charge is 1.98. The molecule has 0 N–H and O–H groups in total. The zero-order valence-electron chi connectivity index (χ0n) is 9.86. The molecule has 0 bridgehead atoms. The van der Waals surface area contributed by atoms with Gasteiger partial charge in [0.2, 0.25) is 0 Å². The molecule has 0 nitrogen and oxygen atoms in total. The lowest BCUT2D eigenvalue weighted by Crippen LogP contribution is -1.82. The average Bonchev–Trinajstić information content (AvgIpc) is 2.39. The maximum absolute atomic E-state index is 5.88. The second-order valence-corrected chi connectivity index (χ2v) is 4.38. The molecule has 0 aliphatic rings. The van der Waals surface area contributed by atoms with E-state index in [1.165, 1.54) is 16.7 Å². The molecule has 1 heteroatoms. The zero-order chi connectivity index (χ0) is 12.1. The highest BCUT2D eigenvalue weighted by molar-refractivity contribution is 6.30. The summed E-state index contributed by atoms with van der Waals surface area (Å²) in [5, 5.41) is 0.778. The van der Waals surface area contributed by atoms with Crippen molar-refractivity contribution in [3.8, 4) is 0 Å². The first-order valence-electron chi connectivity index (χ1n) is 5.81. The van der Waals surface area contributed by atoms with E-state index in [0.717, 1.165) is 11.4 Å². The van der Waals surface area contributed by atoms with Gasteiger partial charge in [0.25, 0.3) is 0 Å². The molecule has 0 aromatic heterocycles. The van der Waals surface area contributed by atoms with Crippen LogP contribution in [0.1, 0.15) is 24.5 Å². The van der Waals surface area contributed by atoms with E-state index in [2.05, 4.69) is 37.3 Å². The Bertz CT molecular complexity index is 495. The summed E-state index contributed by atoms with van der Waals surface area (Å²) in [6.45, 7) is 2.18. The molecule has 0 unspecified atom stereocenters. The highest BCUT2D eigenvalue weighted by Crippen LogP contribution is 2.21. The van der Waals surface area contributed by atoms with Gasteiger partial charge in [0.1, 0.15) is 0 Å². The fraction of sp³-hybridized carbons (Fsp3) is 0.125. The number of halogens is 1. The molecule has 0 spiro atoms. The van der Waals surface area contributed by atoms with Crippen molar-refractivity contribution >= 4 is 23.3 Å². The maximum atomic E-state index is 5.88. The quantitative estimate of drug-likeness (QED) is 0.642. The van der Waals surface area contributed by atoms with Gasteiger partial charge < -0.3 is 0 Å². The second-order valence-electron chi connectivity index (χ2n) is 3.94. The number of hydrogen-bond donors (Lipinski definition) is 0. The van der Waals surface area contributed by atoms with E-state index < -0.39 is 0 Å². The first kappa shape index (κ1) is 11.9. The first-order chi connectivity index (χ1) is 8.29. The lowest BCUT2D eigenvalue weighted by atomic mass is 10.0. The fourth-order valence-corrected chi connectivity index (χ4v) is 1.93. The Morgan fingerprint density at radius 2 is 1.65 bits per heavy atom. The lowest BCUT2D eigenvalue weighted by molar-refractivity contribution is 1.25. The Hall–Kier alpha value is -1.53. The van der Waals surface area contributed by atoms with Crippen LogP contribution < -0.4 is 0 Å². The third-order valence-electron chi connectivity index (χ3n) is 2.74. The summed E-state index contributed by atoms with van der Waals surface area (Å²) in [5.41, 5.74) is 3.81. The van der Waals surface area contributed by atoms with E-state index in [0.29, 0.717) is 0 Å². The Labute approximate surface area is 108 Å². The number of hydrogen-bond acceptors (Lipinski definition) is 0. The maximum Gasteiger partial charge on any atom is 0.0406 e. The molecule has 2 aromatic rings.